The molecule has 0 heterocycles. The molecule has 0 aliphatic heterocycles. The monoisotopic (exact) mass is 239 g/mol. The molecule has 5 heteroatoms. The van der Waals surface area contributed by atoms with Crippen LogP contribution >= 0.6 is 0 Å². The lowest BCUT2D eigenvalue weighted by molar-refractivity contribution is 0.0939. The fourth-order valence-electron chi connectivity index (χ4n) is 1.36. The number of carbonyl (C=O) groups excluding carboxylic acids is 1. The molecular formula is C12H17NO4. The third kappa shape index (κ3) is 3.96. The Morgan fingerprint density at radius 3 is 2.76 bits per heavy atom. The van der Waals surface area contributed by atoms with Gasteiger partial charge in [0.2, 0.25) is 0 Å². The first-order valence-corrected chi connectivity index (χ1v) is 5.52. The highest BCUT2D eigenvalue weighted by atomic mass is 16.3. The summed E-state index contributed by atoms with van der Waals surface area (Å²) < 4.78 is 0. The maximum absolute atomic E-state index is 11.6. The molecule has 17 heavy (non-hydrogen) atoms. The number of rotatable bonds is 5. The van der Waals surface area contributed by atoms with Gasteiger partial charge in [0.25, 0.3) is 5.91 Å². The Hall–Kier alpha value is -1.75. The third-order valence-electron chi connectivity index (χ3n) is 2.46. The van der Waals surface area contributed by atoms with E-state index in [1.807, 2.05) is 6.92 Å². The summed E-state index contributed by atoms with van der Waals surface area (Å²) in [5, 5.41) is 30.5. The molecule has 94 valence electrons. The standard InChI is InChI=1S/C12H17NO4/c1-2-8(14)5-6-13-12(17)10-7-9(15)3-4-11(10)16/h3-4,7-8,14-16H,2,5-6H2,1H3,(H,13,17). The van der Waals surface area contributed by atoms with Crippen molar-refractivity contribution in [2.24, 2.45) is 0 Å². The molecule has 0 aromatic heterocycles. The summed E-state index contributed by atoms with van der Waals surface area (Å²) in [4.78, 5) is 11.6. The van der Waals surface area contributed by atoms with Crippen molar-refractivity contribution in [3.8, 4) is 11.5 Å². The molecule has 0 fully saturated rings. The maximum atomic E-state index is 11.6. The van der Waals surface area contributed by atoms with Crippen molar-refractivity contribution in [3.05, 3.63) is 23.8 Å². The van der Waals surface area contributed by atoms with Gasteiger partial charge >= 0.3 is 0 Å². The molecule has 1 atom stereocenters. The summed E-state index contributed by atoms with van der Waals surface area (Å²) in [6.45, 7) is 2.18. The number of phenols is 2. The largest absolute Gasteiger partial charge is 0.508 e. The van der Waals surface area contributed by atoms with Gasteiger partial charge < -0.3 is 20.6 Å². The van der Waals surface area contributed by atoms with Crippen LogP contribution in [0, 0.1) is 0 Å². The molecule has 0 aliphatic carbocycles. The Morgan fingerprint density at radius 1 is 1.41 bits per heavy atom. The Labute approximate surface area is 99.7 Å². The van der Waals surface area contributed by atoms with E-state index in [0.717, 1.165) is 0 Å². The van der Waals surface area contributed by atoms with E-state index in [-0.39, 0.29) is 17.1 Å². The molecule has 1 rings (SSSR count). The number of nitrogens with one attached hydrogen (secondary N) is 1. The van der Waals surface area contributed by atoms with E-state index >= 15 is 0 Å². The number of aliphatic hydroxyl groups is 1. The summed E-state index contributed by atoms with van der Waals surface area (Å²) in [5.41, 5.74) is 0.0241. The Kier molecular flexibility index (Phi) is 4.78. The predicted molar refractivity (Wildman–Crippen MR) is 63.0 cm³/mol. The molecule has 1 aromatic rings. The van der Waals surface area contributed by atoms with Gasteiger partial charge in [0, 0.05) is 6.54 Å². The van der Waals surface area contributed by atoms with E-state index in [9.17, 15) is 20.1 Å². The van der Waals surface area contributed by atoms with Crippen molar-refractivity contribution in [2.45, 2.75) is 25.9 Å². The molecule has 0 bridgehead atoms. The smallest absolute Gasteiger partial charge is 0.255 e. The number of benzene rings is 1. The molecule has 1 aromatic carbocycles. The maximum Gasteiger partial charge on any atom is 0.255 e. The van der Waals surface area contributed by atoms with E-state index < -0.39 is 12.0 Å². The van der Waals surface area contributed by atoms with Crippen LogP contribution in [-0.2, 0) is 0 Å². The second-order valence-corrected chi connectivity index (χ2v) is 3.81. The van der Waals surface area contributed by atoms with Gasteiger partial charge in [-0.1, -0.05) is 6.92 Å². The molecule has 0 radical (unpaired) electrons. The molecule has 5 nitrogen and oxygen atoms in total. The number of phenolic OH excluding ortho intramolecular Hbond substituents is 2. The van der Waals surface area contributed by atoms with Crippen LogP contribution in [0.15, 0.2) is 18.2 Å². The van der Waals surface area contributed by atoms with E-state index in [1.54, 1.807) is 0 Å². The molecule has 0 spiro atoms. The zero-order chi connectivity index (χ0) is 12.8. The summed E-state index contributed by atoms with van der Waals surface area (Å²) in [6.07, 6.45) is 0.655. The van der Waals surface area contributed by atoms with Crippen LogP contribution in [0.5, 0.6) is 11.5 Å². The van der Waals surface area contributed by atoms with Gasteiger partial charge in [0.1, 0.15) is 11.5 Å². The SMILES string of the molecule is CCC(O)CCNC(=O)c1cc(O)ccc1O. The topological polar surface area (TPSA) is 89.8 Å². The normalized spacial score (nSPS) is 12.1. The van der Waals surface area contributed by atoms with Crippen molar-refractivity contribution in [1.82, 2.24) is 5.32 Å². The number of amides is 1. The van der Waals surface area contributed by atoms with E-state index in [2.05, 4.69) is 5.32 Å². The van der Waals surface area contributed by atoms with Crippen molar-refractivity contribution >= 4 is 5.91 Å². The Morgan fingerprint density at radius 2 is 2.12 bits per heavy atom. The second kappa shape index (κ2) is 6.10. The minimum atomic E-state index is -0.471. The molecule has 1 amide bonds. The van der Waals surface area contributed by atoms with Crippen LogP contribution < -0.4 is 5.32 Å². The summed E-state index contributed by atoms with van der Waals surface area (Å²) in [5.74, 6) is -0.736. The molecule has 0 aliphatic rings. The fourth-order valence-corrected chi connectivity index (χ4v) is 1.36. The highest BCUT2D eigenvalue weighted by Crippen LogP contribution is 2.21. The van der Waals surface area contributed by atoms with Crippen LogP contribution in [0.25, 0.3) is 0 Å². The quantitative estimate of drug-likeness (QED) is 0.577. The number of hydrogen-bond donors (Lipinski definition) is 4. The van der Waals surface area contributed by atoms with Gasteiger partial charge in [0.15, 0.2) is 0 Å². The third-order valence-corrected chi connectivity index (χ3v) is 2.46. The lowest BCUT2D eigenvalue weighted by Gasteiger charge is -2.09. The Balaban J connectivity index is 2.55. The average molecular weight is 239 g/mol. The van der Waals surface area contributed by atoms with Gasteiger partial charge in [-0.05, 0) is 31.0 Å². The van der Waals surface area contributed by atoms with Crippen molar-refractivity contribution in [3.63, 3.8) is 0 Å². The number of aromatic hydroxyl groups is 2. The predicted octanol–water partition coefficient (Wildman–Crippen LogP) is 0.989. The molecular weight excluding hydrogens is 222 g/mol. The first-order chi connectivity index (χ1) is 8.04. The second-order valence-electron chi connectivity index (χ2n) is 3.81. The first-order valence-electron chi connectivity index (χ1n) is 5.52. The highest BCUT2D eigenvalue weighted by Gasteiger charge is 2.11. The first kappa shape index (κ1) is 13.3. The van der Waals surface area contributed by atoms with Crippen LogP contribution in [0.3, 0.4) is 0 Å². The molecule has 4 N–H and O–H groups in total. The van der Waals surface area contributed by atoms with Gasteiger partial charge in [0.05, 0.1) is 11.7 Å². The van der Waals surface area contributed by atoms with Crippen molar-refractivity contribution in [2.75, 3.05) is 6.54 Å². The highest BCUT2D eigenvalue weighted by molar-refractivity contribution is 5.97. The van der Waals surface area contributed by atoms with Gasteiger partial charge in [-0.3, -0.25) is 4.79 Å². The molecule has 1 unspecified atom stereocenters. The summed E-state index contributed by atoms with van der Waals surface area (Å²) in [7, 11) is 0. The molecule has 0 saturated heterocycles. The van der Waals surface area contributed by atoms with Gasteiger partial charge in [-0.25, -0.2) is 0 Å². The van der Waals surface area contributed by atoms with E-state index in [1.165, 1.54) is 18.2 Å². The molecule has 0 saturated carbocycles. The number of carbonyl (C=O) groups is 1. The fraction of sp³-hybridized carbons (Fsp3) is 0.417. The van der Waals surface area contributed by atoms with Gasteiger partial charge in [-0.2, -0.15) is 0 Å². The summed E-state index contributed by atoms with van der Waals surface area (Å²) in [6, 6.07) is 3.75. The Bertz CT molecular complexity index is 392. The minimum absolute atomic E-state index is 0.0241. The van der Waals surface area contributed by atoms with E-state index in [0.29, 0.717) is 19.4 Å². The summed E-state index contributed by atoms with van der Waals surface area (Å²) >= 11 is 0. The van der Waals surface area contributed by atoms with Crippen LogP contribution in [0.1, 0.15) is 30.1 Å². The van der Waals surface area contributed by atoms with Gasteiger partial charge in [-0.15, -0.1) is 0 Å². The van der Waals surface area contributed by atoms with Crippen LogP contribution in [0.4, 0.5) is 0 Å². The number of hydrogen-bond acceptors (Lipinski definition) is 4. The van der Waals surface area contributed by atoms with Crippen molar-refractivity contribution in [1.29, 1.82) is 0 Å². The minimum Gasteiger partial charge on any atom is -0.508 e. The number of aliphatic hydroxyl groups excluding tert-OH is 1. The lowest BCUT2D eigenvalue weighted by Crippen LogP contribution is -2.27. The van der Waals surface area contributed by atoms with Crippen LogP contribution in [0.2, 0.25) is 0 Å². The average Bonchev–Trinajstić information content (AvgIpc) is 2.31. The van der Waals surface area contributed by atoms with Crippen molar-refractivity contribution < 1.29 is 20.1 Å². The van der Waals surface area contributed by atoms with Crippen LogP contribution in [-0.4, -0.2) is 33.9 Å². The van der Waals surface area contributed by atoms with E-state index in [4.69, 9.17) is 0 Å². The zero-order valence-electron chi connectivity index (χ0n) is 9.68. The zero-order valence-corrected chi connectivity index (χ0v) is 9.68. The lowest BCUT2D eigenvalue weighted by atomic mass is 10.1.